The summed E-state index contributed by atoms with van der Waals surface area (Å²) in [5.41, 5.74) is 5.45. The highest BCUT2D eigenvalue weighted by Gasteiger charge is 1.85. The summed E-state index contributed by atoms with van der Waals surface area (Å²) < 4.78 is 0. The zero-order valence-electron chi connectivity index (χ0n) is 3.16. The normalized spacial score (nSPS) is 9.60. The van der Waals surface area contributed by atoms with Gasteiger partial charge in [0.05, 0.1) is 0 Å². The van der Waals surface area contributed by atoms with Crippen LogP contribution < -0.4 is 5.73 Å². The Hall–Kier alpha value is 0.250. The first-order valence-corrected chi connectivity index (χ1v) is 1.92. The van der Waals surface area contributed by atoms with Gasteiger partial charge in [0.1, 0.15) is 5.50 Å². The van der Waals surface area contributed by atoms with Crippen LogP contribution in [-0.2, 0) is 0 Å². The van der Waals surface area contributed by atoms with Gasteiger partial charge in [-0.2, -0.15) is 0 Å². The first kappa shape index (κ1) is 5.25. The Bertz CT molecular complexity index is 20.9. The molecule has 0 bridgehead atoms. The molecule has 0 rings (SSSR count). The largest absolute Gasteiger partial charge is 0.310 e. The van der Waals surface area contributed by atoms with E-state index < -0.39 is 0 Å². The molecule has 31 valence electrons. The van der Waals surface area contributed by atoms with E-state index >= 15 is 0 Å². The smallest absolute Gasteiger partial charge is 0.123 e. The molecule has 1 radical (unpaired) electrons. The minimum atomic E-state index is 0.477. The minimum Gasteiger partial charge on any atom is -0.310 e. The van der Waals surface area contributed by atoms with Crippen molar-refractivity contribution in [1.82, 2.24) is 0 Å². The Labute approximate surface area is 37.1 Å². The predicted molar refractivity (Wildman–Crippen MR) is 23.6 cm³/mol. The maximum Gasteiger partial charge on any atom is 0.123 e. The van der Waals surface area contributed by atoms with Gasteiger partial charge in [-0.1, -0.05) is 18.5 Å². The Morgan fingerprint density at radius 1 is 2.00 bits per heavy atom. The topological polar surface area (TPSA) is 26.0 Å². The highest BCUT2D eigenvalue weighted by Crippen LogP contribution is 1.98. The van der Waals surface area contributed by atoms with Crippen LogP contribution in [0.4, 0.5) is 0 Å². The number of hydrogen-bond donors (Lipinski definition) is 1. The minimum absolute atomic E-state index is 0.477. The second-order valence-electron chi connectivity index (χ2n) is 0.800. The zero-order valence-corrected chi connectivity index (χ0v) is 3.92. The van der Waals surface area contributed by atoms with Crippen molar-refractivity contribution in [2.24, 2.45) is 5.73 Å². The van der Waals surface area contributed by atoms with Crippen molar-refractivity contribution < 1.29 is 0 Å². The molecule has 0 heterocycles. The molecule has 2 heteroatoms. The van der Waals surface area contributed by atoms with Crippen LogP contribution in [0, 0.1) is 5.50 Å². The second-order valence-corrected chi connectivity index (χ2v) is 1.29. The predicted octanol–water partition coefficient (Wildman–Crippen LogP) is 1.08. The van der Waals surface area contributed by atoms with Gasteiger partial charge in [0.25, 0.3) is 0 Å². The SMILES string of the molecule is CC[C](N)Cl. The fraction of sp³-hybridized carbons (Fsp3) is 0.667. The van der Waals surface area contributed by atoms with E-state index in [1.165, 1.54) is 0 Å². The third-order valence-corrected chi connectivity index (χ3v) is 0.605. The number of rotatable bonds is 1. The van der Waals surface area contributed by atoms with Crippen LogP contribution in [-0.4, -0.2) is 0 Å². The molecule has 0 spiro atoms. The van der Waals surface area contributed by atoms with Crippen LogP contribution in [0.15, 0.2) is 0 Å². The lowest BCUT2D eigenvalue weighted by Crippen LogP contribution is -1.96. The number of nitrogens with two attached hydrogens (primary N) is 1. The lowest BCUT2D eigenvalue weighted by atomic mass is 10.5. The molecule has 1 nitrogen and oxygen atoms in total. The van der Waals surface area contributed by atoms with Gasteiger partial charge < -0.3 is 5.73 Å². The lowest BCUT2D eigenvalue weighted by Gasteiger charge is -1.86. The summed E-state index contributed by atoms with van der Waals surface area (Å²) in [6, 6.07) is 0. The van der Waals surface area contributed by atoms with Crippen molar-refractivity contribution in [3.05, 3.63) is 5.50 Å². The fourth-order valence-corrected chi connectivity index (χ4v) is 0. The summed E-state index contributed by atoms with van der Waals surface area (Å²) >= 11 is 5.16. The van der Waals surface area contributed by atoms with Gasteiger partial charge in [-0.25, -0.2) is 0 Å². The van der Waals surface area contributed by atoms with Gasteiger partial charge in [0, 0.05) is 0 Å². The summed E-state index contributed by atoms with van der Waals surface area (Å²) in [6.45, 7) is 1.91. The number of hydrogen-bond acceptors (Lipinski definition) is 1. The molecule has 0 aromatic carbocycles. The number of halogens is 1. The molecule has 0 aliphatic rings. The van der Waals surface area contributed by atoms with Crippen molar-refractivity contribution in [3.8, 4) is 0 Å². The van der Waals surface area contributed by atoms with E-state index in [-0.39, 0.29) is 0 Å². The van der Waals surface area contributed by atoms with Crippen molar-refractivity contribution in [2.75, 3.05) is 0 Å². The van der Waals surface area contributed by atoms with Gasteiger partial charge in [0.15, 0.2) is 0 Å². The fourth-order valence-electron chi connectivity index (χ4n) is 0. The summed E-state index contributed by atoms with van der Waals surface area (Å²) in [5, 5.41) is 0. The summed E-state index contributed by atoms with van der Waals surface area (Å²) in [6.07, 6.45) is 0.765. The Kier molecular flexibility index (Phi) is 2.61. The summed E-state index contributed by atoms with van der Waals surface area (Å²) in [4.78, 5) is 0. The Balaban J connectivity index is 2.54. The van der Waals surface area contributed by atoms with Gasteiger partial charge >= 0.3 is 0 Å². The van der Waals surface area contributed by atoms with E-state index in [2.05, 4.69) is 0 Å². The highest BCUT2D eigenvalue weighted by molar-refractivity contribution is 6.26. The van der Waals surface area contributed by atoms with E-state index in [9.17, 15) is 0 Å². The molecule has 0 fully saturated rings. The van der Waals surface area contributed by atoms with Crippen molar-refractivity contribution in [1.29, 1.82) is 0 Å². The second kappa shape index (κ2) is 2.49. The molecule has 0 amide bonds. The molecule has 0 aromatic heterocycles. The molecule has 0 aliphatic heterocycles. The molecule has 0 aromatic rings. The van der Waals surface area contributed by atoms with Crippen LogP contribution in [0.1, 0.15) is 13.3 Å². The van der Waals surface area contributed by atoms with E-state index in [0.29, 0.717) is 5.50 Å². The van der Waals surface area contributed by atoms with Crippen LogP contribution in [0.3, 0.4) is 0 Å². The molecule has 0 aliphatic carbocycles. The quantitative estimate of drug-likeness (QED) is 0.482. The van der Waals surface area contributed by atoms with Gasteiger partial charge in [-0.15, -0.1) is 0 Å². The van der Waals surface area contributed by atoms with Gasteiger partial charge in [0.2, 0.25) is 0 Å². The van der Waals surface area contributed by atoms with Gasteiger partial charge in [-0.05, 0) is 6.42 Å². The molecule has 5 heavy (non-hydrogen) atoms. The Morgan fingerprint density at radius 2 is 2.20 bits per heavy atom. The van der Waals surface area contributed by atoms with Crippen molar-refractivity contribution >= 4 is 11.6 Å². The van der Waals surface area contributed by atoms with Crippen molar-refractivity contribution in [3.63, 3.8) is 0 Å². The first-order chi connectivity index (χ1) is 2.27. The molecule has 0 saturated carbocycles. The van der Waals surface area contributed by atoms with E-state index in [1.807, 2.05) is 6.92 Å². The van der Waals surface area contributed by atoms with E-state index in [1.54, 1.807) is 0 Å². The van der Waals surface area contributed by atoms with E-state index in [4.69, 9.17) is 17.3 Å². The van der Waals surface area contributed by atoms with Crippen LogP contribution in [0.2, 0.25) is 0 Å². The molecular weight excluding hydrogens is 85.5 g/mol. The van der Waals surface area contributed by atoms with Gasteiger partial charge in [-0.3, -0.25) is 0 Å². The van der Waals surface area contributed by atoms with E-state index in [0.717, 1.165) is 6.42 Å². The third kappa shape index (κ3) is 4.25. The zero-order chi connectivity index (χ0) is 4.28. The monoisotopic (exact) mass is 92.0 g/mol. The highest BCUT2D eigenvalue weighted by atomic mass is 35.5. The average molecular weight is 92.5 g/mol. The summed E-state index contributed by atoms with van der Waals surface area (Å²) in [5.74, 6) is 0. The lowest BCUT2D eigenvalue weighted by molar-refractivity contribution is 1.01. The molecular formula is C3H7ClN. The van der Waals surface area contributed by atoms with Crippen LogP contribution in [0.5, 0.6) is 0 Å². The summed E-state index contributed by atoms with van der Waals surface area (Å²) in [7, 11) is 0. The molecule has 0 atom stereocenters. The van der Waals surface area contributed by atoms with Crippen molar-refractivity contribution in [2.45, 2.75) is 13.3 Å². The third-order valence-electron chi connectivity index (χ3n) is 0.338. The first-order valence-electron chi connectivity index (χ1n) is 1.54. The maximum absolute atomic E-state index is 5.16. The molecule has 0 saturated heterocycles. The standard InChI is InChI=1S/C3H7ClN/c1-2-3(4)5/h2,5H2,1H3. The maximum atomic E-state index is 5.16. The Morgan fingerprint density at radius 3 is 2.20 bits per heavy atom. The van der Waals surface area contributed by atoms with Crippen LogP contribution >= 0.6 is 11.6 Å². The average Bonchev–Trinajstić information content (AvgIpc) is 1.38. The molecule has 0 unspecified atom stereocenters. The van der Waals surface area contributed by atoms with Crippen LogP contribution in [0.25, 0.3) is 0 Å². The molecule has 2 N–H and O–H groups in total.